The molecule has 0 aromatic carbocycles. The van der Waals surface area contributed by atoms with Gasteiger partial charge in [-0.2, -0.15) is 0 Å². The van der Waals surface area contributed by atoms with E-state index in [1.54, 1.807) is 0 Å². The second kappa shape index (κ2) is 6.22. The molecule has 2 fully saturated rings. The number of carbonyl (C=O) groups is 1. The Hall–Kier alpha value is -1.62. The summed E-state index contributed by atoms with van der Waals surface area (Å²) in [7, 11) is 0. The van der Waals surface area contributed by atoms with Crippen molar-refractivity contribution in [3.8, 4) is 0 Å². The largest absolute Gasteiger partial charge is 0.378 e. The van der Waals surface area contributed by atoms with Crippen molar-refractivity contribution >= 4 is 11.7 Å². The normalized spacial score (nSPS) is 19.5. The molecule has 0 spiro atoms. The van der Waals surface area contributed by atoms with Crippen LogP contribution in [0.1, 0.15) is 24.8 Å². The van der Waals surface area contributed by atoms with E-state index < -0.39 is 0 Å². The summed E-state index contributed by atoms with van der Waals surface area (Å²) in [4.78, 5) is 18.6. The Kier molecular flexibility index (Phi) is 4.16. The number of morpholine rings is 1. The summed E-state index contributed by atoms with van der Waals surface area (Å²) in [5, 5.41) is 3.04. The van der Waals surface area contributed by atoms with Gasteiger partial charge in [-0.3, -0.25) is 4.79 Å². The quantitative estimate of drug-likeness (QED) is 0.901. The highest BCUT2D eigenvalue weighted by atomic mass is 16.5. The lowest BCUT2D eigenvalue weighted by molar-refractivity contribution is -0.127. The minimum atomic E-state index is 0.188. The van der Waals surface area contributed by atoms with E-state index in [1.807, 2.05) is 18.3 Å². The number of amides is 1. The van der Waals surface area contributed by atoms with Crippen molar-refractivity contribution in [2.24, 2.45) is 5.92 Å². The molecule has 0 bridgehead atoms. The first-order valence-electron chi connectivity index (χ1n) is 7.39. The number of anilines is 1. The molecule has 20 heavy (non-hydrogen) atoms. The second-order valence-electron chi connectivity index (χ2n) is 5.43. The molecule has 108 valence electrons. The highest BCUT2D eigenvalue weighted by Crippen LogP contribution is 2.26. The molecule has 5 heteroatoms. The van der Waals surface area contributed by atoms with Crippen LogP contribution in [0.25, 0.3) is 0 Å². The Bertz CT molecular complexity index is 468. The van der Waals surface area contributed by atoms with Gasteiger partial charge in [0.05, 0.1) is 13.2 Å². The van der Waals surface area contributed by atoms with E-state index >= 15 is 0 Å². The summed E-state index contributed by atoms with van der Waals surface area (Å²) in [5.74, 6) is 1.40. The van der Waals surface area contributed by atoms with Crippen molar-refractivity contribution in [3.63, 3.8) is 0 Å². The number of pyridine rings is 1. The van der Waals surface area contributed by atoms with E-state index in [-0.39, 0.29) is 11.8 Å². The predicted octanol–water partition coefficient (Wildman–Crippen LogP) is 1.33. The van der Waals surface area contributed by atoms with Crippen LogP contribution in [0.3, 0.4) is 0 Å². The summed E-state index contributed by atoms with van der Waals surface area (Å²) >= 11 is 0. The number of hydrogen-bond acceptors (Lipinski definition) is 4. The molecule has 1 saturated heterocycles. The van der Waals surface area contributed by atoms with E-state index in [4.69, 9.17) is 4.74 Å². The zero-order valence-electron chi connectivity index (χ0n) is 11.7. The summed E-state index contributed by atoms with van der Waals surface area (Å²) in [5.41, 5.74) is 1.09. The zero-order valence-corrected chi connectivity index (χ0v) is 11.7. The van der Waals surface area contributed by atoms with Crippen LogP contribution < -0.4 is 10.2 Å². The van der Waals surface area contributed by atoms with Crippen LogP contribution in [0, 0.1) is 5.92 Å². The molecule has 2 aliphatic rings. The van der Waals surface area contributed by atoms with Gasteiger partial charge in [0.15, 0.2) is 0 Å². The lowest BCUT2D eigenvalue weighted by Gasteiger charge is -2.30. The molecule has 1 aliphatic carbocycles. The molecular weight excluding hydrogens is 254 g/mol. The Labute approximate surface area is 119 Å². The van der Waals surface area contributed by atoms with Gasteiger partial charge in [-0.05, 0) is 18.9 Å². The van der Waals surface area contributed by atoms with Gasteiger partial charge in [0.1, 0.15) is 5.82 Å². The Morgan fingerprint density at radius 1 is 1.40 bits per heavy atom. The van der Waals surface area contributed by atoms with Gasteiger partial charge in [-0.1, -0.05) is 12.5 Å². The molecule has 0 atom stereocenters. The third-order valence-electron chi connectivity index (χ3n) is 4.11. The zero-order chi connectivity index (χ0) is 13.8. The van der Waals surface area contributed by atoms with Crippen LogP contribution >= 0.6 is 0 Å². The molecule has 3 rings (SSSR count). The molecule has 1 aromatic heterocycles. The van der Waals surface area contributed by atoms with Crippen molar-refractivity contribution in [1.82, 2.24) is 10.3 Å². The summed E-state index contributed by atoms with van der Waals surface area (Å²) < 4.78 is 5.37. The van der Waals surface area contributed by atoms with E-state index in [0.29, 0.717) is 6.54 Å². The molecule has 1 N–H and O–H groups in total. The average molecular weight is 275 g/mol. The SMILES string of the molecule is O=C(NCc1cccnc1N1CCOCC1)C1CCC1. The molecule has 0 unspecified atom stereocenters. The number of rotatable bonds is 4. The van der Waals surface area contributed by atoms with E-state index in [0.717, 1.165) is 50.5 Å². The van der Waals surface area contributed by atoms with Crippen LogP contribution in [0.4, 0.5) is 5.82 Å². The van der Waals surface area contributed by atoms with Crippen molar-refractivity contribution in [2.75, 3.05) is 31.2 Å². The minimum Gasteiger partial charge on any atom is -0.378 e. The maximum absolute atomic E-state index is 11.9. The van der Waals surface area contributed by atoms with Crippen LogP contribution in [-0.4, -0.2) is 37.2 Å². The molecule has 1 aromatic rings. The number of nitrogens with one attached hydrogen (secondary N) is 1. The Balaban J connectivity index is 1.64. The maximum atomic E-state index is 11.9. The molecule has 5 nitrogen and oxygen atoms in total. The Morgan fingerprint density at radius 2 is 2.20 bits per heavy atom. The minimum absolute atomic E-state index is 0.188. The van der Waals surface area contributed by atoms with E-state index in [2.05, 4.69) is 15.2 Å². The van der Waals surface area contributed by atoms with Crippen molar-refractivity contribution < 1.29 is 9.53 Å². The number of nitrogens with zero attached hydrogens (tertiary/aromatic N) is 2. The monoisotopic (exact) mass is 275 g/mol. The van der Waals surface area contributed by atoms with Gasteiger partial charge < -0.3 is 15.0 Å². The van der Waals surface area contributed by atoms with E-state index in [1.165, 1.54) is 6.42 Å². The predicted molar refractivity (Wildman–Crippen MR) is 76.5 cm³/mol. The second-order valence-corrected chi connectivity index (χ2v) is 5.43. The van der Waals surface area contributed by atoms with Crippen molar-refractivity contribution in [3.05, 3.63) is 23.9 Å². The van der Waals surface area contributed by atoms with Gasteiger partial charge in [0.2, 0.25) is 5.91 Å². The lowest BCUT2D eigenvalue weighted by atomic mass is 9.85. The Morgan fingerprint density at radius 3 is 2.90 bits per heavy atom. The fraction of sp³-hybridized carbons (Fsp3) is 0.600. The third-order valence-corrected chi connectivity index (χ3v) is 4.11. The highest BCUT2D eigenvalue weighted by molar-refractivity contribution is 5.79. The fourth-order valence-corrected chi connectivity index (χ4v) is 2.63. The molecular formula is C15H21N3O2. The smallest absolute Gasteiger partial charge is 0.223 e. The third kappa shape index (κ3) is 2.93. The number of carbonyl (C=O) groups excluding carboxylic acids is 1. The summed E-state index contributed by atoms with van der Waals surface area (Å²) in [6.07, 6.45) is 5.07. The van der Waals surface area contributed by atoms with Crippen LogP contribution in [-0.2, 0) is 16.1 Å². The molecule has 2 heterocycles. The standard InChI is InChI=1S/C15H21N3O2/c19-15(12-3-1-4-12)17-11-13-5-2-6-16-14(13)18-7-9-20-10-8-18/h2,5-6,12H,1,3-4,7-11H2,(H,17,19). The van der Waals surface area contributed by atoms with Gasteiger partial charge >= 0.3 is 0 Å². The van der Waals surface area contributed by atoms with Crippen LogP contribution in [0.5, 0.6) is 0 Å². The summed E-state index contributed by atoms with van der Waals surface area (Å²) in [6, 6.07) is 3.97. The van der Waals surface area contributed by atoms with Gasteiger partial charge in [0, 0.05) is 37.3 Å². The van der Waals surface area contributed by atoms with Gasteiger partial charge in [0.25, 0.3) is 0 Å². The topological polar surface area (TPSA) is 54.5 Å². The highest BCUT2D eigenvalue weighted by Gasteiger charge is 2.25. The maximum Gasteiger partial charge on any atom is 0.223 e. The molecule has 1 aliphatic heterocycles. The van der Waals surface area contributed by atoms with E-state index in [9.17, 15) is 4.79 Å². The number of hydrogen-bond donors (Lipinski definition) is 1. The summed E-state index contributed by atoms with van der Waals surface area (Å²) in [6.45, 7) is 3.77. The van der Waals surface area contributed by atoms with Gasteiger partial charge in [-0.25, -0.2) is 4.98 Å². The fourth-order valence-electron chi connectivity index (χ4n) is 2.63. The molecule has 0 radical (unpaired) electrons. The van der Waals surface area contributed by atoms with Crippen LogP contribution in [0.15, 0.2) is 18.3 Å². The van der Waals surface area contributed by atoms with Gasteiger partial charge in [-0.15, -0.1) is 0 Å². The first-order valence-corrected chi connectivity index (χ1v) is 7.39. The first-order chi connectivity index (χ1) is 9.84. The molecule has 1 saturated carbocycles. The molecule has 1 amide bonds. The van der Waals surface area contributed by atoms with Crippen LogP contribution in [0.2, 0.25) is 0 Å². The lowest BCUT2D eigenvalue weighted by Crippen LogP contribution is -2.38. The van der Waals surface area contributed by atoms with Crippen molar-refractivity contribution in [2.45, 2.75) is 25.8 Å². The van der Waals surface area contributed by atoms with Crippen molar-refractivity contribution in [1.29, 1.82) is 0 Å². The number of aromatic nitrogens is 1. The first kappa shape index (κ1) is 13.4. The average Bonchev–Trinajstić information content (AvgIpc) is 2.44. The number of ether oxygens (including phenoxy) is 1.